The van der Waals surface area contributed by atoms with Crippen molar-refractivity contribution in [1.29, 1.82) is 0 Å². The first-order chi connectivity index (χ1) is 9.51. The van der Waals surface area contributed by atoms with Crippen LogP contribution in [0.25, 0.3) is 0 Å². The van der Waals surface area contributed by atoms with Crippen LogP contribution in [0.1, 0.15) is 38.7 Å². The molecule has 1 atom stereocenters. The number of carbonyl (C=O) groups is 1. The highest BCUT2D eigenvalue weighted by Crippen LogP contribution is 2.49. The van der Waals surface area contributed by atoms with E-state index in [9.17, 15) is 4.79 Å². The number of rotatable bonds is 7. The first-order valence-corrected chi connectivity index (χ1v) is 7.58. The van der Waals surface area contributed by atoms with Crippen LogP contribution in [0.4, 0.5) is 0 Å². The Kier molecular flexibility index (Phi) is 6.69. The van der Waals surface area contributed by atoms with Crippen molar-refractivity contribution in [2.75, 3.05) is 6.54 Å². The SMILES string of the molecule is CC(C)CC1(CNC(=O)[C@@H](N)Cc2ccccc2)CC1.Cl. The summed E-state index contributed by atoms with van der Waals surface area (Å²) < 4.78 is 0. The van der Waals surface area contributed by atoms with Gasteiger partial charge >= 0.3 is 0 Å². The predicted octanol–water partition coefficient (Wildman–Crippen LogP) is 2.92. The Balaban J connectivity index is 0.00000220. The summed E-state index contributed by atoms with van der Waals surface area (Å²) >= 11 is 0. The van der Waals surface area contributed by atoms with Gasteiger partial charge in [0.15, 0.2) is 0 Å². The van der Waals surface area contributed by atoms with Crippen LogP contribution in [0.3, 0.4) is 0 Å². The maximum atomic E-state index is 12.1. The van der Waals surface area contributed by atoms with E-state index in [1.54, 1.807) is 0 Å². The molecule has 0 bridgehead atoms. The summed E-state index contributed by atoms with van der Waals surface area (Å²) in [6.45, 7) is 5.26. The van der Waals surface area contributed by atoms with E-state index in [0.29, 0.717) is 17.8 Å². The molecule has 0 spiro atoms. The molecule has 0 radical (unpaired) electrons. The lowest BCUT2D eigenvalue weighted by atomic mass is 9.94. The molecule has 21 heavy (non-hydrogen) atoms. The van der Waals surface area contributed by atoms with E-state index in [4.69, 9.17) is 5.73 Å². The molecule has 1 amide bonds. The Hall–Kier alpha value is -1.06. The molecule has 1 aromatic rings. The van der Waals surface area contributed by atoms with Gasteiger partial charge in [-0.05, 0) is 42.6 Å². The van der Waals surface area contributed by atoms with Crippen molar-refractivity contribution in [2.45, 2.75) is 45.6 Å². The molecular weight excluding hydrogens is 284 g/mol. The van der Waals surface area contributed by atoms with Gasteiger partial charge in [0, 0.05) is 6.54 Å². The van der Waals surface area contributed by atoms with Crippen LogP contribution in [-0.2, 0) is 11.2 Å². The molecule has 3 nitrogen and oxygen atoms in total. The van der Waals surface area contributed by atoms with Crippen LogP contribution in [0.2, 0.25) is 0 Å². The van der Waals surface area contributed by atoms with Crippen molar-refractivity contribution >= 4 is 18.3 Å². The third-order valence-corrected chi connectivity index (χ3v) is 4.07. The topological polar surface area (TPSA) is 55.1 Å². The van der Waals surface area contributed by atoms with E-state index in [1.807, 2.05) is 30.3 Å². The number of hydrogen-bond acceptors (Lipinski definition) is 2. The molecule has 0 unspecified atom stereocenters. The Bertz CT molecular complexity index is 443. The highest BCUT2D eigenvalue weighted by Gasteiger charge is 2.42. The van der Waals surface area contributed by atoms with Gasteiger partial charge in [0.1, 0.15) is 0 Å². The van der Waals surface area contributed by atoms with Gasteiger partial charge in [-0.25, -0.2) is 0 Å². The normalized spacial score (nSPS) is 17.0. The number of nitrogens with one attached hydrogen (secondary N) is 1. The summed E-state index contributed by atoms with van der Waals surface area (Å²) in [6, 6.07) is 9.48. The number of hydrogen-bond donors (Lipinski definition) is 2. The van der Waals surface area contributed by atoms with Gasteiger partial charge in [0.05, 0.1) is 6.04 Å². The summed E-state index contributed by atoms with van der Waals surface area (Å²) in [5, 5.41) is 3.05. The van der Waals surface area contributed by atoms with E-state index in [1.165, 1.54) is 19.3 Å². The van der Waals surface area contributed by atoms with E-state index in [-0.39, 0.29) is 18.3 Å². The van der Waals surface area contributed by atoms with Crippen LogP contribution < -0.4 is 11.1 Å². The van der Waals surface area contributed by atoms with Gasteiger partial charge in [-0.1, -0.05) is 44.2 Å². The highest BCUT2D eigenvalue weighted by molar-refractivity contribution is 5.85. The summed E-state index contributed by atoms with van der Waals surface area (Å²) in [7, 11) is 0. The Morgan fingerprint density at radius 1 is 1.29 bits per heavy atom. The predicted molar refractivity (Wildman–Crippen MR) is 89.5 cm³/mol. The fraction of sp³-hybridized carbons (Fsp3) is 0.588. The van der Waals surface area contributed by atoms with Gasteiger partial charge in [-0.15, -0.1) is 12.4 Å². The molecule has 4 heteroatoms. The fourth-order valence-corrected chi connectivity index (χ4v) is 2.86. The molecule has 0 aromatic heterocycles. The first-order valence-electron chi connectivity index (χ1n) is 7.58. The summed E-state index contributed by atoms with van der Waals surface area (Å²) in [6.07, 6.45) is 4.27. The lowest BCUT2D eigenvalue weighted by molar-refractivity contribution is -0.122. The number of nitrogens with two attached hydrogens (primary N) is 1. The van der Waals surface area contributed by atoms with Crippen LogP contribution in [-0.4, -0.2) is 18.5 Å². The minimum atomic E-state index is -0.452. The average molecular weight is 311 g/mol. The second-order valence-electron chi connectivity index (χ2n) is 6.61. The zero-order valence-electron chi connectivity index (χ0n) is 13.0. The fourth-order valence-electron chi connectivity index (χ4n) is 2.86. The number of halogens is 1. The van der Waals surface area contributed by atoms with E-state index in [0.717, 1.165) is 12.1 Å². The van der Waals surface area contributed by atoms with E-state index in [2.05, 4.69) is 19.2 Å². The summed E-state index contributed by atoms with van der Waals surface area (Å²) in [5.41, 5.74) is 7.46. The molecule has 1 fully saturated rings. The zero-order valence-corrected chi connectivity index (χ0v) is 13.8. The largest absolute Gasteiger partial charge is 0.354 e. The lowest BCUT2D eigenvalue weighted by Gasteiger charge is -2.20. The van der Waals surface area contributed by atoms with Crippen LogP contribution in [0.15, 0.2) is 30.3 Å². The maximum Gasteiger partial charge on any atom is 0.237 e. The van der Waals surface area contributed by atoms with Gasteiger partial charge in [-0.2, -0.15) is 0 Å². The molecular formula is C17H27ClN2O. The van der Waals surface area contributed by atoms with Crippen molar-refractivity contribution in [1.82, 2.24) is 5.32 Å². The molecule has 1 aliphatic carbocycles. The van der Waals surface area contributed by atoms with Gasteiger partial charge in [0.25, 0.3) is 0 Å². The first kappa shape index (κ1) is 18.0. The third-order valence-electron chi connectivity index (χ3n) is 4.07. The smallest absolute Gasteiger partial charge is 0.237 e. The second kappa shape index (κ2) is 7.81. The molecule has 2 rings (SSSR count). The molecule has 0 saturated heterocycles. The molecule has 0 heterocycles. The number of carbonyl (C=O) groups excluding carboxylic acids is 1. The highest BCUT2D eigenvalue weighted by atomic mass is 35.5. The molecule has 118 valence electrons. The zero-order chi connectivity index (χ0) is 14.6. The van der Waals surface area contributed by atoms with Crippen LogP contribution >= 0.6 is 12.4 Å². The third kappa shape index (κ3) is 5.68. The standard InChI is InChI=1S/C17H26N2O.ClH/c1-13(2)11-17(8-9-17)12-19-16(20)15(18)10-14-6-4-3-5-7-14;/h3-7,13,15H,8-12,18H2,1-2H3,(H,19,20);1H/t15-;/m0./s1. The summed E-state index contributed by atoms with van der Waals surface area (Å²) in [5.74, 6) is 0.663. The van der Waals surface area contributed by atoms with Gasteiger partial charge in [0.2, 0.25) is 5.91 Å². The molecule has 1 saturated carbocycles. The summed E-state index contributed by atoms with van der Waals surface area (Å²) in [4.78, 5) is 12.1. The lowest BCUT2D eigenvalue weighted by Crippen LogP contribution is -2.44. The molecule has 0 aliphatic heterocycles. The van der Waals surface area contributed by atoms with E-state index >= 15 is 0 Å². The van der Waals surface area contributed by atoms with Gasteiger partial charge in [-0.3, -0.25) is 4.79 Å². The second-order valence-corrected chi connectivity index (χ2v) is 6.61. The minimum Gasteiger partial charge on any atom is -0.354 e. The minimum absolute atomic E-state index is 0. The average Bonchev–Trinajstić information content (AvgIpc) is 3.16. The van der Waals surface area contributed by atoms with Crippen molar-refractivity contribution in [3.8, 4) is 0 Å². The Morgan fingerprint density at radius 2 is 1.90 bits per heavy atom. The van der Waals surface area contributed by atoms with Crippen molar-refractivity contribution in [3.63, 3.8) is 0 Å². The molecule has 1 aliphatic rings. The quantitative estimate of drug-likeness (QED) is 0.813. The molecule has 1 aromatic carbocycles. The van der Waals surface area contributed by atoms with Crippen LogP contribution in [0.5, 0.6) is 0 Å². The van der Waals surface area contributed by atoms with Crippen LogP contribution in [0, 0.1) is 11.3 Å². The van der Waals surface area contributed by atoms with Crippen molar-refractivity contribution in [3.05, 3.63) is 35.9 Å². The van der Waals surface area contributed by atoms with Crippen molar-refractivity contribution in [2.24, 2.45) is 17.1 Å². The molecule has 3 N–H and O–H groups in total. The monoisotopic (exact) mass is 310 g/mol. The van der Waals surface area contributed by atoms with E-state index < -0.39 is 6.04 Å². The number of amides is 1. The number of benzene rings is 1. The Morgan fingerprint density at radius 3 is 2.43 bits per heavy atom. The Labute approximate surface area is 134 Å². The van der Waals surface area contributed by atoms with Gasteiger partial charge < -0.3 is 11.1 Å². The maximum absolute atomic E-state index is 12.1. The van der Waals surface area contributed by atoms with Crippen molar-refractivity contribution < 1.29 is 4.79 Å².